The summed E-state index contributed by atoms with van der Waals surface area (Å²) >= 11 is 7.87. The van der Waals surface area contributed by atoms with Gasteiger partial charge in [0.1, 0.15) is 16.8 Å². The molecule has 1 fully saturated rings. The first-order valence-corrected chi connectivity index (χ1v) is 12.2. The lowest BCUT2D eigenvalue weighted by atomic mass is 10.0. The third kappa shape index (κ3) is 3.98. The highest BCUT2D eigenvalue weighted by molar-refractivity contribution is 8.01. The monoisotopic (exact) mass is 470 g/mol. The van der Waals surface area contributed by atoms with Crippen LogP contribution in [0.5, 0.6) is 5.75 Å². The number of benzene rings is 2. The summed E-state index contributed by atoms with van der Waals surface area (Å²) in [7, 11) is 1.69. The zero-order chi connectivity index (χ0) is 22.2. The van der Waals surface area contributed by atoms with E-state index in [0.717, 1.165) is 50.0 Å². The van der Waals surface area contributed by atoms with Crippen molar-refractivity contribution in [2.45, 2.75) is 23.1 Å². The Labute approximate surface area is 198 Å². The number of aliphatic imine (C=N–C) groups is 1. The average Bonchev–Trinajstić information content (AvgIpc) is 3.18. The van der Waals surface area contributed by atoms with Crippen molar-refractivity contribution in [3.8, 4) is 5.75 Å². The number of rotatable bonds is 5. The topological polar surface area (TPSA) is 48.4 Å². The third-order valence-electron chi connectivity index (χ3n) is 6.50. The number of hydrogen-bond donors (Lipinski definition) is 0. The number of amidine groups is 1. The lowest BCUT2D eigenvalue weighted by Gasteiger charge is -2.38. The van der Waals surface area contributed by atoms with Gasteiger partial charge in [-0.15, -0.1) is 11.8 Å². The van der Waals surface area contributed by atoms with Crippen LogP contribution in [-0.2, 0) is 4.79 Å². The van der Waals surface area contributed by atoms with Crippen LogP contribution in [0.15, 0.2) is 52.4 Å². The van der Waals surface area contributed by atoms with Gasteiger partial charge in [-0.3, -0.25) is 19.6 Å². The number of carbonyl (C=O) groups excluding carboxylic acids is 1. The molecule has 6 nitrogen and oxygen atoms in total. The lowest BCUT2D eigenvalue weighted by molar-refractivity contribution is -0.128. The van der Waals surface area contributed by atoms with Gasteiger partial charge in [-0.05, 0) is 36.8 Å². The van der Waals surface area contributed by atoms with Crippen molar-refractivity contribution in [1.82, 2.24) is 9.80 Å². The minimum absolute atomic E-state index is 0.0452. The molecule has 0 bridgehead atoms. The van der Waals surface area contributed by atoms with E-state index in [1.165, 1.54) is 10.5 Å². The third-order valence-corrected chi connectivity index (χ3v) is 8.07. The van der Waals surface area contributed by atoms with Crippen LogP contribution >= 0.6 is 23.4 Å². The molecule has 3 aliphatic heterocycles. The summed E-state index contributed by atoms with van der Waals surface area (Å²) in [5.41, 5.74) is 2.22. The molecule has 1 saturated heterocycles. The number of halogens is 1. The normalized spacial score (nSPS) is 23.1. The number of carbonyl (C=O) groups is 1. The van der Waals surface area contributed by atoms with Gasteiger partial charge in [0.15, 0.2) is 0 Å². The first-order chi connectivity index (χ1) is 15.5. The van der Waals surface area contributed by atoms with Crippen molar-refractivity contribution in [3.63, 3.8) is 0 Å². The van der Waals surface area contributed by atoms with Gasteiger partial charge in [0, 0.05) is 49.2 Å². The van der Waals surface area contributed by atoms with E-state index in [2.05, 4.69) is 21.9 Å². The Bertz CT molecular complexity index is 1050. The summed E-state index contributed by atoms with van der Waals surface area (Å²) in [5.74, 6) is 1.86. The molecule has 168 valence electrons. The van der Waals surface area contributed by atoms with Gasteiger partial charge in [0.2, 0.25) is 5.91 Å². The molecule has 8 heteroatoms. The molecule has 0 saturated carbocycles. The van der Waals surface area contributed by atoms with Crippen LogP contribution in [0.3, 0.4) is 0 Å². The smallest absolute Gasteiger partial charge is 0.243 e. The van der Waals surface area contributed by atoms with E-state index in [-0.39, 0.29) is 17.2 Å². The SMILES string of the molecule is COc1ccc(Cl)cc1N1CCN(CCN2C(=O)C3Sc4ccccc4C3N=C2C)CC1. The van der Waals surface area contributed by atoms with Crippen molar-refractivity contribution in [1.29, 1.82) is 0 Å². The van der Waals surface area contributed by atoms with Crippen LogP contribution in [0.1, 0.15) is 18.5 Å². The van der Waals surface area contributed by atoms with Gasteiger partial charge in [-0.2, -0.15) is 0 Å². The zero-order valence-corrected chi connectivity index (χ0v) is 19.9. The van der Waals surface area contributed by atoms with Gasteiger partial charge in [0.05, 0.1) is 18.8 Å². The number of amides is 1. The van der Waals surface area contributed by atoms with Crippen LogP contribution in [0.4, 0.5) is 5.69 Å². The number of nitrogens with zero attached hydrogens (tertiary/aromatic N) is 4. The molecule has 2 atom stereocenters. The fourth-order valence-corrected chi connectivity index (χ4v) is 6.23. The van der Waals surface area contributed by atoms with Crippen LogP contribution in [0, 0.1) is 0 Å². The van der Waals surface area contributed by atoms with Crippen molar-refractivity contribution < 1.29 is 9.53 Å². The molecule has 0 spiro atoms. The zero-order valence-electron chi connectivity index (χ0n) is 18.3. The van der Waals surface area contributed by atoms with Crippen molar-refractivity contribution in [2.75, 3.05) is 51.3 Å². The number of ether oxygens (including phenoxy) is 1. The molecule has 0 radical (unpaired) electrons. The molecule has 3 heterocycles. The summed E-state index contributed by atoms with van der Waals surface area (Å²) in [6, 6.07) is 13.9. The molecular formula is C24H27ClN4O2S. The van der Waals surface area contributed by atoms with E-state index in [1.54, 1.807) is 18.9 Å². The van der Waals surface area contributed by atoms with Crippen LogP contribution in [0.2, 0.25) is 5.02 Å². The van der Waals surface area contributed by atoms with Gasteiger partial charge < -0.3 is 9.64 Å². The van der Waals surface area contributed by atoms with Crippen LogP contribution in [0.25, 0.3) is 0 Å². The Morgan fingerprint density at radius 1 is 1.12 bits per heavy atom. The molecular weight excluding hydrogens is 444 g/mol. The van der Waals surface area contributed by atoms with E-state index in [1.807, 2.05) is 42.2 Å². The Balaban J connectivity index is 1.19. The van der Waals surface area contributed by atoms with Gasteiger partial charge >= 0.3 is 0 Å². The highest BCUT2D eigenvalue weighted by Crippen LogP contribution is 2.48. The largest absolute Gasteiger partial charge is 0.495 e. The van der Waals surface area contributed by atoms with E-state index < -0.39 is 0 Å². The second kappa shape index (κ2) is 8.96. The Hall–Kier alpha value is -2.22. The number of methoxy groups -OCH3 is 1. The molecule has 0 aliphatic carbocycles. The second-order valence-corrected chi connectivity index (χ2v) is 9.95. The van der Waals surface area contributed by atoms with Gasteiger partial charge in [-0.25, -0.2) is 0 Å². The average molecular weight is 471 g/mol. The Kier molecular flexibility index (Phi) is 6.05. The fourth-order valence-electron chi connectivity index (χ4n) is 4.74. The second-order valence-electron chi connectivity index (χ2n) is 8.33. The van der Waals surface area contributed by atoms with E-state index >= 15 is 0 Å². The predicted octanol–water partition coefficient (Wildman–Crippen LogP) is 3.95. The summed E-state index contributed by atoms with van der Waals surface area (Å²) in [4.78, 5) is 26.0. The number of anilines is 1. The van der Waals surface area contributed by atoms with Crippen molar-refractivity contribution in [2.24, 2.45) is 4.99 Å². The minimum Gasteiger partial charge on any atom is -0.495 e. The molecule has 32 heavy (non-hydrogen) atoms. The first kappa shape index (κ1) is 21.6. The molecule has 5 rings (SSSR count). The van der Waals surface area contributed by atoms with E-state index in [9.17, 15) is 4.79 Å². The van der Waals surface area contributed by atoms with Crippen LogP contribution < -0.4 is 9.64 Å². The number of thioether (sulfide) groups is 1. The summed E-state index contributed by atoms with van der Waals surface area (Å²) < 4.78 is 5.52. The molecule has 2 aromatic carbocycles. The number of hydrogen-bond acceptors (Lipinski definition) is 6. The first-order valence-electron chi connectivity index (χ1n) is 11.0. The highest BCUT2D eigenvalue weighted by Gasteiger charge is 2.43. The lowest BCUT2D eigenvalue weighted by Crippen LogP contribution is -2.52. The summed E-state index contributed by atoms with van der Waals surface area (Å²) in [5, 5.41) is 0.579. The van der Waals surface area contributed by atoms with Gasteiger partial charge in [0.25, 0.3) is 0 Å². The summed E-state index contributed by atoms with van der Waals surface area (Å²) in [6.45, 7) is 7.13. The predicted molar refractivity (Wildman–Crippen MR) is 130 cm³/mol. The molecule has 0 N–H and O–H groups in total. The van der Waals surface area contributed by atoms with E-state index in [0.29, 0.717) is 11.6 Å². The molecule has 1 amide bonds. The molecule has 2 unspecified atom stereocenters. The number of piperazine rings is 1. The molecule has 0 aromatic heterocycles. The summed E-state index contributed by atoms with van der Waals surface area (Å²) in [6.07, 6.45) is 0. The maximum absolute atomic E-state index is 13.3. The van der Waals surface area contributed by atoms with E-state index in [4.69, 9.17) is 21.3 Å². The highest BCUT2D eigenvalue weighted by atomic mass is 35.5. The minimum atomic E-state index is -0.136. The molecule has 3 aliphatic rings. The van der Waals surface area contributed by atoms with Gasteiger partial charge in [-0.1, -0.05) is 29.8 Å². The van der Waals surface area contributed by atoms with Crippen molar-refractivity contribution in [3.05, 3.63) is 53.1 Å². The standard InChI is InChI=1S/C24H27ClN4O2S/c1-16-26-22-18-5-3-4-6-21(18)32-23(22)24(30)29(16)14-11-27-9-12-28(13-10-27)19-15-17(25)7-8-20(19)31-2/h3-8,15,22-23H,9-14H2,1-2H3. The molecule has 2 aromatic rings. The number of fused-ring (bicyclic) bond motifs is 3. The fraction of sp³-hybridized carbons (Fsp3) is 0.417. The maximum Gasteiger partial charge on any atom is 0.243 e. The van der Waals surface area contributed by atoms with Crippen molar-refractivity contribution >= 4 is 40.8 Å². The Morgan fingerprint density at radius 2 is 1.91 bits per heavy atom. The quantitative estimate of drug-likeness (QED) is 0.662. The van der Waals surface area contributed by atoms with Crippen LogP contribution in [-0.4, -0.2) is 73.2 Å². The Morgan fingerprint density at radius 3 is 2.69 bits per heavy atom. The maximum atomic E-state index is 13.3.